The second-order valence-electron chi connectivity index (χ2n) is 5.66. The van der Waals surface area contributed by atoms with E-state index in [9.17, 15) is 4.39 Å². The normalized spacial score (nSPS) is 17.9. The summed E-state index contributed by atoms with van der Waals surface area (Å²) < 4.78 is 13.9. The van der Waals surface area contributed by atoms with E-state index in [1.54, 1.807) is 0 Å². The van der Waals surface area contributed by atoms with Gasteiger partial charge in [-0.25, -0.2) is 4.39 Å². The fourth-order valence-electron chi connectivity index (χ4n) is 2.28. The number of hydrogen-bond donors (Lipinski definition) is 2. The van der Waals surface area contributed by atoms with Gasteiger partial charge in [-0.1, -0.05) is 13.3 Å². The second-order valence-corrected chi connectivity index (χ2v) is 5.66. The zero-order valence-corrected chi connectivity index (χ0v) is 11.8. The monoisotopic (exact) mass is 267 g/mol. The van der Waals surface area contributed by atoms with E-state index in [-0.39, 0.29) is 11.8 Å². The third-order valence-electron chi connectivity index (χ3n) is 3.66. The van der Waals surface area contributed by atoms with Gasteiger partial charge in [0.25, 0.3) is 0 Å². The molecule has 1 aliphatic carbocycles. The molecule has 0 spiro atoms. The lowest BCUT2D eigenvalue weighted by Crippen LogP contribution is -2.34. The predicted octanol–water partition coefficient (Wildman–Crippen LogP) is 2.65. The van der Waals surface area contributed by atoms with E-state index in [4.69, 9.17) is 5.73 Å². The number of nitrogens with two attached hydrogens (primary N) is 1. The van der Waals surface area contributed by atoms with Crippen molar-refractivity contribution in [1.82, 2.24) is 15.0 Å². The van der Waals surface area contributed by atoms with Gasteiger partial charge in [0.1, 0.15) is 0 Å². The fraction of sp³-hybridized carbons (Fsp3) is 0.769. The number of alkyl halides is 1. The molecule has 1 fully saturated rings. The fourth-order valence-corrected chi connectivity index (χ4v) is 2.28. The van der Waals surface area contributed by atoms with Gasteiger partial charge in [0.15, 0.2) is 11.5 Å². The lowest BCUT2D eigenvalue weighted by Gasteiger charge is -2.33. The summed E-state index contributed by atoms with van der Waals surface area (Å²) in [5.41, 5.74) is 4.01. The molecule has 0 aliphatic heterocycles. The highest BCUT2D eigenvalue weighted by Gasteiger charge is 2.28. The molecule has 0 bridgehead atoms. The molecular weight excluding hydrogens is 245 g/mol. The van der Waals surface area contributed by atoms with E-state index >= 15 is 0 Å². The number of nitrogen functional groups attached to an aromatic ring is 1. The quantitative estimate of drug-likeness (QED) is 0.857. The lowest BCUT2D eigenvalue weighted by molar-refractivity contribution is 0.206. The summed E-state index contributed by atoms with van der Waals surface area (Å²) in [6.45, 7) is 4.95. The Kier molecular flexibility index (Phi) is 3.87. The molecule has 0 radical (unpaired) electrons. The van der Waals surface area contributed by atoms with E-state index in [2.05, 4.69) is 27.2 Å². The van der Waals surface area contributed by atoms with Crippen molar-refractivity contribution in [2.45, 2.75) is 58.2 Å². The van der Waals surface area contributed by atoms with Crippen molar-refractivity contribution in [3.8, 4) is 0 Å². The Morgan fingerprint density at radius 3 is 2.53 bits per heavy atom. The maximum atomic E-state index is 13.9. The first-order valence-electron chi connectivity index (χ1n) is 6.87. The molecule has 2 rings (SSSR count). The molecule has 1 aliphatic rings. The number of aromatic nitrogens is 3. The van der Waals surface area contributed by atoms with Gasteiger partial charge in [-0.3, -0.25) is 0 Å². The summed E-state index contributed by atoms with van der Waals surface area (Å²) in [7, 11) is 0. The number of anilines is 2. The molecule has 0 amide bonds. The van der Waals surface area contributed by atoms with Crippen molar-refractivity contribution in [2.24, 2.45) is 5.92 Å². The SMILES string of the molecule is CCC(Nc1nc(N)nc(C(C)(C)F)n1)C1CCC1. The molecule has 1 heterocycles. The van der Waals surface area contributed by atoms with Gasteiger partial charge in [0.05, 0.1) is 0 Å². The molecule has 106 valence electrons. The Balaban J connectivity index is 2.17. The highest BCUT2D eigenvalue weighted by molar-refractivity contribution is 5.33. The Bertz CT molecular complexity index is 439. The highest BCUT2D eigenvalue weighted by atomic mass is 19.1. The van der Waals surface area contributed by atoms with Crippen LogP contribution >= 0.6 is 0 Å². The first-order valence-corrected chi connectivity index (χ1v) is 6.87. The number of halogens is 1. The van der Waals surface area contributed by atoms with Crippen LogP contribution in [-0.2, 0) is 5.67 Å². The summed E-state index contributed by atoms with van der Waals surface area (Å²) in [5.74, 6) is 1.17. The van der Waals surface area contributed by atoms with Gasteiger partial charge in [-0.2, -0.15) is 15.0 Å². The smallest absolute Gasteiger partial charge is 0.228 e. The first-order chi connectivity index (χ1) is 8.90. The van der Waals surface area contributed by atoms with Crippen molar-refractivity contribution in [3.63, 3.8) is 0 Å². The van der Waals surface area contributed by atoms with Crippen LogP contribution in [0.25, 0.3) is 0 Å². The molecule has 6 heteroatoms. The van der Waals surface area contributed by atoms with E-state index in [1.165, 1.54) is 33.1 Å². The first kappa shape index (κ1) is 14.0. The average Bonchev–Trinajstić information content (AvgIpc) is 2.23. The molecule has 0 aromatic carbocycles. The Hall–Kier alpha value is -1.46. The summed E-state index contributed by atoms with van der Waals surface area (Å²) in [5, 5.41) is 3.28. The molecule has 19 heavy (non-hydrogen) atoms. The minimum Gasteiger partial charge on any atom is -0.368 e. The molecule has 5 nitrogen and oxygen atoms in total. The van der Waals surface area contributed by atoms with Crippen LogP contribution < -0.4 is 11.1 Å². The second kappa shape index (κ2) is 5.27. The average molecular weight is 267 g/mol. The Labute approximate surface area is 113 Å². The van der Waals surface area contributed by atoms with Crippen LogP contribution in [0.4, 0.5) is 16.3 Å². The number of nitrogens with one attached hydrogen (secondary N) is 1. The van der Waals surface area contributed by atoms with Crippen molar-refractivity contribution in [2.75, 3.05) is 11.1 Å². The van der Waals surface area contributed by atoms with Crippen LogP contribution in [0, 0.1) is 5.92 Å². The van der Waals surface area contributed by atoms with Crippen molar-refractivity contribution in [3.05, 3.63) is 5.82 Å². The van der Waals surface area contributed by atoms with Crippen LogP contribution in [0.15, 0.2) is 0 Å². The molecule has 1 saturated carbocycles. The summed E-state index contributed by atoms with van der Waals surface area (Å²) in [6, 6.07) is 0.325. The molecule has 1 atom stereocenters. The molecule has 1 aromatic heterocycles. The largest absolute Gasteiger partial charge is 0.368 e. The maximum absolute atomic E-state index is 13.9. The maximum Gasteiger partial charge on any atom is 0.228 e. The molecule has 1 aromatic rings. The van der Waals surface area contributed by atoms with Crippen molar-refractivity contribution in [1.29, 1.82) is 0 Å². The number of rotatable bonds is 5. The Morgan fingerprint density at radius 2 is 2.05 bits per heavy atom. The van der Waals surface area contributed by atoms with Gasteiger partial charge in [-0.15, -0.1) is 0 Å². The van der Waals surface area contributed by atoms with Crippen LogP contribution in [-0.4, -0.2) is 21.0 Å². The summed E-state index contributed by atoms with van der Waals surface area (Å²) in [4.78, 5) is 12.1. The number of hydrogen-bond acceptors (Lipinski definition) is 5. The molecule has 0 saturated heterocycles. The minimum absolute atomic E-state index is 0.0571. The van der Waals surface area contributed by atoms with Gasteiger partial charge < -0.3 is 11.1 Å². The van der Waals surface area contributed by atoms with Crippen molar-refractivity contribution < 1.29 is 4.39 Å². The standard InChI is InChI=1S/C13H22FN5/c1-4-9(8-6-5-7-8)16-12-18-10(13(2,3)14)17-11(15)19-12/h8-9H,4-7H2,1-3H3,(H3,15,16,17,18,19). The van der Waals surface area contributed by atoms with Gasteiger partial charge in [0, 0.05) is 6.04 Å². The van der Waals surface area contributed by atoms with Crippen LogP contribution in [0.5, 0.6) is 0 Å². The highest BCUT2D eigenvalue weighted by Crippen LogP contribution is 2.32. The molecule has 3 N–H and O–H groups in total. The lowest BCUT2D eigenvalue weighted by atomic mass is 9.79. The third kappa shape index (κ3) is 3.30. The topological polar surface area (TPSA) is 76.7 Å². The zero-order valence-electron chi connectivity index (χ0n) is 11.8. The molecule has 1 unspecified atom stereocenters. The molecular formula is C13H22FN5. The van der Waals surface area contributed by atoms with Crippen LogP contribution in [0.2, 0.25) is 0 Å². The predicted molar refractivity (Wildman–Crippen MR) is 73.4 cm³/mol. The summed E-state index contributed by atoms with van der Waals surface area (Å²) >= 11 is 0. The van der Waals surface area contributed by atoms with E-state index in [0.717, 1.165) is 6.42 Å². The van der Waals surface area contributed by atoms with Crippen LogP contribution in [0.3, 0.4) is 0 Å². The van der Waals surface area contributed by atoms with E-state index in [0.29, 0.717) is 17.9 Å². The third-order valence-corrected chi connectivity index (χ3v) is 3.66. The van der Waals surface area contributed by atoms with Crippen molar-refractivity contribution >= 4 is 11.9 Å². The van der Waals surface area contributed by atoms with Gasteiger partial charge in [0.2, 0.25) is 11.9 Å². The van der Waals surface area contributed by atoms with E-state index < -0.39 is 5.67 Å². The van der Waals surface area contributed by atoms with Crippen LogP contribution in [0.1, 0.15) is 52.3 Å². The minimum atomic E-state index is -1.62. The number of nitrogens with zero attached hydrogens (tertiary/aromatic N) is 3. The van der Waals surface area contributed by atoms with Gasteiger partial charge >= 0.3 is 0 Å². The van der Waals surface area contributed by atoms with Gasteiger partial charge in [-0.05, 0) is 39.0 Å². The Morgan fingerprint density at radius 1 is 1.37 bits per heavy atom. The zero-order chi connectivity index (χ0) is 14.0. The van der Waals surface area contributed by atoms with E-state index in [1.807, 2.05) is 0 Å². The summed E-state index contributed by atoms with van der Waals surface area (Å²) in [6.07, 6.45) is 4.73.